The van der Waals surface area contributed by atoms with E-state index in [1.54, 1.807) is 16.7 Å². The smallest absolute Gasteiger partial charge is 0.000470 e. The Bertz CT molecular complexity index is 1010. The molecular formula is C30H34. The van der Waals surface area contributed by atoms with Crippen LogP contribution >= 0.6 is 0 Å². The van der Waals surface area contributed by atoms with Crippen molar-refractivity contribution in [1.29, 1.82) is 0 Å². The molecule has 0 N–H and O–H groups in total. The highest BCUT2D eigenvalue weighted by atomic mass is 14.4. The van der Waals surface area contributed by atoms with E-state index in [-0.39, 0.29) is 0 Å². The van der Waals surface area contributed by atoms with Gasteiger partial charge in [-0.05, 0) is 101 Å². The summed E-state index contributed by atoms with van der Waals surface area (Å²) in [7, 11) is 0. The van der Waals surface area contributed by atoms with E-state index in [9.17, 15) is 0 Å². The lowest BCUT2D eigenvalue weighted by Crippen LogP contribution is -2.06. The minimum absolute atomic E-state index is 0.536. The molecule has 3 aliphatic rings. The van der Waals surface area contributed by atoms with Crippen LogP contribution in [0.15, 0.2) is 78.4 Å². The van der Waals surface area contributed by atoms with Crippen LogP contribution in [0.4, 0.5) is 0 Å². The molecule has 2 saturated carbocycles. The topological polar surface area (TPSA) is 0 Å². The van der Waals surface area contributed by atoms with Crippen LogP contribution in [0.3, 0.4) is 0 Å². The van der Waals surface area contributed by atoms with Gasteiger partial charge in [0.2, 0.25) is 0 Å². The Morgan fingerprint density at radius 3 is 2.50 bits per heavy atom. The molecule has 3 unspecified atom stereocenters. The first kappa shape index (κ1) is 19.6. The molecule has 0 aliphatic heterocycles. The molecule has 0 heterocycles. The summed E-state index contributed by atoms with van der Waals surface area (Å²) < 4.78 is 0. The van der Waals surface area contributed by atoms with Crippen LogP contribution in [0.1, 0.15) is 74.5 Å². The van der Waals surface area contributed by atoms with Gasteiger partial charge in [-0.15, -0.1) is 0 Å². The number of hydrogen-bond donors (Lipinski definition) is 0. The predicted octanol–water partition coefficient (Wildman–Crippen LogP) is 8.37. The lowest BCUT2D eigenvalue weighted by Gasteiger charge is -2.20. The predicted molar refractivity (Wildman–Crippen MR) is 129 cm³/mol. The molecule has 0 bridgehead atoms. The molecule has 3 aliphatic carbocycles. The molecule has 30 heavy (non-hydrogen) atoms. The highest BCUT2D eigenvalue weighted by Crippen LogP contribution is 2.47. The molecule has 2 fully saturated rings. The van der Waals surface area contributed by atoms with Crippen LogP contribution in [0, 0.1) is 11.8 Å². The van der Waals surface area contributed by atoms with Crippen molar-refractivity contribution in [3.63, 3.8) is 0 Å². The van der Waals surface area contributed by atoms with Crippen LogP contribution in [0.2, 0.25) is 0 Å². The highest BCUT2D eigenvalue weighted by molar-refractivity contribution is 5.70. The van der Waals surface area contributed by atoms with E-state index in [1.165, 1.54) is 54.4 Å². The summed E-state index contributed by atoms with van der Waals surface area (Å²) in [5, 5.41) is 0. The van der Waals surface area contributed by atoms with E-state index >= 15 is 0 Å². The Balaban J connectivity index is 1.38. The second-order valence-corrected chi connectivity index (χ2v) is 9.66. The average molecular weight is 395 g/mol. The molecule has 0 aromatic heterocycles. The van der Waals surface area contributed by atoms with Gasteiger partial charge in [-0.25, -0.2) is 0 Å². The maximum absolute atomic E-state index is 4.52. The molecular weight excluding hydrogens is 360 g/mol. The summed E-state index contributed by atoms with van der Waals surface area (Å²) in [5.41, 5.74) is 10.4. The van der Waals surface area contributed by atoms with Gasteiger partial charge >= 0.3 is 0 Å². The molecule has 0 heteroatoms. The van der Waals surface area contributed by atoms with Gasteiger partial charge in [0, 0.05) is 0 Å². The summed E-state index contributed by atoms with van der Waals surface area (Å²) in [5.74, 6) is 2.64. The second-order valence-electron chi connectivity index (χ2n) is 9.66. The van der Waals surface area contributed by atoms with Crippen molar-refractivity contribution in [2.45, 2.75) is 64.2 Å². The van der Waals surface area contributed by atoms with Crippen LogP contribution in [0.5, 0.6) is 0 Å². The fourth-order valence-corrected chi connectivity index (χ4v) is 5.78. The molecule has 0 nitrogen and oxygen atoms in total. The zero-order chi connectivity index (χ0) is 20.7. The van der Waals surface area contributed by atoms with Gasteiger partial charge in [-0.3, -0.25) is 0 Å². The standard InChI is InChI=1S/C30H34/c1-4-22-18-26(30-10-6-5-9-29(30)23-12-13-23)16-17-28(22)25-15-14-24(19-25)21(3)27-11-7-8-20(27)2/h5-11,16-18,20,23-25H,3-4,12-15,19H2,1-2H3. The lowest BCUT2D eigenvalue weighted by molar-refractivity contribution is 0.618. The number of rotatable bonds is 6. The van der Waals surface area contributed by atoms with Gasteiger partial charge in [0.25, 0.3) is 0 Å². The molecule has 2 aromatic rings. The second kappa shape index (κ2) is 8.06. The van der Waals surface area contributed by atoms with Gasteiger partial charge < -0.3 is 0 Å². The third-order valence-corrected chi connectivity index (χ3v) is 7.72. The molecule has 0 radical (unpaired) electrons. The van der Waals surface area contributed by atoms with Crippen molar-refractivity contribution in [1.82, 2.24) is 0 Å². The highest BCUT2D eigenvalue weighted by Gasteiger charge is 2.31. The monoisotopic (exact) mass is 394 g/mol. The molecule has 0 saturated heterocycles. The van der Waals surface area contributed by atoms with Gasteiger partial charge in [0.1, 0.15) is 0 Å². The molecule has 154 valence electrons. The van der Waals surface area contributed by atoms with Gasteiger partial charge in [0.15, 0.2) is 0 Å². The van der Waals surface area contributed by atoms with Crippen molar-refractivity contribution >= 4 is 0 Å². The van der Waals surface area contributed by atoms with E-state index in [1.807, 2.05) is 0 Å². The van der Waals surface area contributed by atoms with Crippen molar-refractivity contribution in [3.05, 3.63) is 95.1 Å². The SMILES string of the molecule is C=C(C1=CC=CC1C)C1CCC(c2ccc(-c3ccccc3C3CC3)cc2CC)C1. The molecule has 2 aromatic carbocycles. The van der Waals surface area contributed by atoms with E-state index in [0.29, 0.717) is 17.8 Å². The molecule has 0 spiro atoms. The van der Waals surface area contributed by atoms with E-state index in [2.05, 4.69) is 81.1 Å². The fourth-order valence-electron chi connectivity index (χ4n) is 5.78. The third-order valence-electron chi connectivity index (χ3n) is 7.72. The summed E-state index contributed by atoms with van der Waals surface area (Å²) in [6, 6.07) is 16.4. The molecule has 5 rings (SSSR count). The first-order chi connectivity index (χ1) is 14.7. The summed E-state index contributed by atoms with van der Waals surface area (Å²) in [4.78, 5) is 0. The largest absolute Gasteiger partial charge is 0.0953 e. The Morgan fingerprint density at radius 2 is 1.77 bits per heavy atom. The van der Waals surface area contributed by atoms with Crippen LogP contribution in [0.25, 0.3) is 11.1 Å². The van der Waals surface area contributed by atoms with Gasteiger partial charge in [0.05, 0.1) is 0 Å². The van der Waals surface area contributed by atoms with Crippen molar-refractivity contribution < 1.29 is 0 Å². The molecule has 3 atom stereocenters. The zero-order valence-corrected chi connectivity index (χ0v) is 18.5. The third kappa shape index (κ3) is 3.62. The Kier molecular flexibility index (Phi) is 5.27. The van der Waals surface area contributed by atoms with Crippen LogP contribution < -0.4 is 0 Å². The van der Waals surface area contributed by atoms with Crippen LogP contribution in [-0.4, -0.2) is 0 Å². The maximum atomic E-state index is 4.52. The summed E-state index contributed by atoms with van der Waals surface area (Å²) >= 11 is 0. The number of hydrogen-bond acceptors (Lipinski definition) is 0. The first-order valence-electron chi connectivity index (χ1n) is 11.9. The van der Waals surface area contributed by atoms with Gasteiger partial charge in [-0.2, -0.15) is 0 Å². The van der Waals surface area contributed by atoms with Crippen molar-refractivity contribution in [2.75, 3.05) is 0 Å². The summed E-state index contributed by atoms with van der Waals surface area (Å²) in [6.07, 6.45) is 14.4. The molecule has 0 amide bonds. The lowest BCUT2D eigenvalue weighted by atomic mass is 9.84. The van der Waals surface area contributed by atoms with E-state index < -0.39 is 0 Å². The number of aryl methyl sites for hydroxylation is 1. The number of allylic oxidation sites excluding steroid dienone is 5. The van der Waals surface area contributed by atoms with E-state index in [0.717, 1.165) is 12.3 Å². The normalized spacial score (nSPS) is 25.5. The van der Waals surface area contributed by atoms with E-state index in [4.69, 9.17) is 0 Å². The minimum atomic E-state index is 0.536. The summed E-state index contributed by atoms with van der Waals surface area (Å²) in [6.45, 7) is 9.13. The first-order valence-corrected chi connectivity index (χ1v) is 11.9. The van der Waals surface area contributed by atoms with Crippen molar-refractivity contribution in [3.8, 4) is 11.1 Å². The average Bonchev–Trinajstić information content (AvgIpc) is 3.35. The Morgan fingerprint density at radius 1 is 0.967 bits per heavy atom. The van der Waals surface area contributed by atoms with Crippen molar-refractivity contribution in [2.24, 2.45) is 11.8 Å². The zero-order valence-electron chi connectivity index (χ0n) is 18.5. The maximum Gasteiger partial charge on any atom is -0.000470 e. The van der Waals surface area contributed by atoms with Crippen LogP contribution in [-0.2, 0) is 6.42 Å². The Hall–Kier alpha value is -2.34. The fraction of sp³-hybridized carbons (Fsp3) is 0.400. The Labute approximate surface area is 182 Å². The number of benzene rings is 2. The van der Waals surface area contributed by atoms with Gasteiger partial charge in [-0.1, -0.05) is 81.1 Å². The quantitative estimate of drug-likeness (QED) is 0.461. The minimum Gasteiger partial charge on any atom is -0.0953 e.